The molecule has 7 nitrogen and oxygen atoms in total. The Hall–Kier alpha value is -3.24. The van der Waals surface area contributed by atoms with Crippen LogP contribution in [0.3, 0.4) is 0 Å². The van der Waals surface area contributed by atoms with E-state index in [0.717, 1.165) is 59.6 Å². The molecule has 0 radical (unpaired) electrons. The second-order valence-electron chi connectivity index (χ2n) is 9.02. The SMILES string of the molecule is Cc1c(C#N)cccc1[C@@H](C)N=c1nc(C)n(C)c2cnc(N3CCC(C)(O)CC3)cc12. The summed E-state index contributed by atoms with van der Waals surface area (Å²) in [5, 5.41) is 20.6. The van der Waals surface area contributed by atoms with Crippen molar-refractivity contribution in [3.63, 3.8) is 0 Å². The number of piperidine rings is 1. The van der Waals surface area contributed by atoms with Gasteiger partial charge in [0.1, 0.15) is 11.6 Å². The molecular weight excluding hydrogens is 400 g/mol. The van der Waals surface area contributed by atoms with Crippen LogP contribution in [0.2, 0.25) is 0 Å². The lowest BCUT2D eigenvalue weighted by atomic mass is 9.94. The molecule has 1 aromatic carbocycles. The molecule has 0 unspecified atom stereocenters. The van der Waals surface area contributed by atoms with E-state index in [4.69, 9.17) is 15.0 Å². The van der Waals surface area contributed by atoms with Crippen molar-refractivity contribution in [1.29, 1.82) is 5.26 Å². The largest absolute Gasteiger partial charge is 0.390 e. The molecular formula is C25H30N6O. The zero-order chi connectivity index (χ0) is 23.0. The maximum absolute atomic E-state index is 10.3. The fourth-order valence-corrected chi connectivity index (χ4v) is 4.32. The van der Waals surface area contributed by atoms with E-state index < -0.39 is 5.60 Å². The minimum absolute atomic E-state index is 0.146. The number of hydrogen-bond acceptors (Lipinski definition) is 6. The van der Waals surface area contributed by atoms with Gasteiger partial charge in [-0.1, -0.05) is 12.1 Å². The van der Waals surface area contributed by atoms with Gasteiger partial charge in [-0.2, -0.15) is 5.26 Å². The second kappa shape index (κ2) is 8.36. The summed E-state index contributed by atoms with van der Waals surface area (Å²) < 4.78 is 2.03. The third kappa shape index (κ3) is 4.11. The molecule has 0 spiro atoms. The van der Waals surface area contributed by atoms with Crippen LogP contribution in [0, 0.1) is 25.2 Å². The highest BCUT2D eigenvalue weighted by atomic mass is 16.3. The molecule has 0 bridgehead atoms. The van der Waals surface area contributed by atoms with Crippen molar-refractivity contribution in [2.24, 2.45) is 12.0 Å². The average molecular weight is 431 g/mol. The van der Waals surface area contributed by atoms with Crippen molar-refractivity contribution >= 4 is 16.7 Å². The molecule has 32 heavy (non-hydrogen) atoms. The topological polar surface area (TPSA) is 90.3 Å². The van der Waals surface area contributed by atoms with E-state index in [0.29, 0.717) is 11.1 Å². The van der Waals surface area contributed by atoms with Crippen molar-refractivity contribution in [3.05, 3.63) is 58.5 Å². The molecule has 166 valence electrons. The Morgan fingerprint density at radius 1 is 1.25 bits per heavy atom. The molecule has 4 rings (SSSR count). The van der Waals surface area contributed by atoms with E-state index in [-0.39, 0.29) is 6.04 Å². The highest BCUT2D eigenvalue weighted by molar-refractivity contribution is 5.80. The number of pyridine rings is 1. The fraction of sp³-hybridized carbons (Fsp3) is 0.440. The molecule has 1 aliphatic heterocycles. The summed E-state index contributed by atoms with van der Waals surface area (Å²) in [7, 11) is 1.98. The molecule has 0 amide bonds. The quantitative estimate of drug-likeness (QED) is 0.687. The number of aryl methyl sites for hydroxylation is 2. The maximum atomic E-state index is 10.3. The first-order valence-corrected chi connectivity index (χ1v) is 11.0. The van der Waals surface area contributed by atoms with E-state index in [1.54, 1.807) is 0 Å². The summed E-state index contributed by atoms with van der Waals surface area (Å²) >= 11 is 0. The van der Waals surface area contributed by atoms with Gasteiger partial charge in [-0.3, -0.25) is 4.99 Å². The van der Waals surface area contributed by atoms with Crippen molar-refractivity contribution < 1.29 is 5.11 Å². The summed E-state index contributed by atoms with van der Waals surface area (Å²) in [6.07, 6.45) is 3.32. The van der Waals surface area contributed by atoms with Crippen molar-refractivity contribution in [2.75, 3.05) is 18.0 Å². The lowest BCUT2D eigenvalue weighted by molar-refractivity contribution is 0.0350. The Bertz CT molecular complexity index is 1270. The molecule has 1 fully saturated rings. The van der Waals surface area contributed by atoms with Crippen LogP contribution < -0.4 is 10.4 Å². The van der Waals surface area contributed by atoms with Crippen LogP contribution in [0.25, 0.3) is 10.9 Å². The van der Waals surface area contributed by atoms with Crippen molar-refractivity contribution in [2.45, 2.75) is 52.2 Å². The van der Waals surface area contributed by atoms with E-state index >= 15 is 0 Å². The third-order valence-corrected chi connectivity index (χ3v) is 6.65. The van der Waals surface area contributed by atoms with Crippen molar-refractivity contribution in [1.82, 2.24) is 14.5 Å². The van der Waals surface area contributed by atoms with Crippen LogP contribution in [-0.2, 0) is 7.05 Å². The zero-order valence-electron chi connectivity index (χ0n) is 19.4. The Morgan fingerprint density at radius 2 is 1.97 bits per heavy atom. The van der Waals surface area contributed by atoms with Crippen LogP contribution in [-0.4, -0.2) is 38.3 Å². The first-order valence-electron chi connectivity index (χ1n) is 11.0. The van der Waals surface area contributed by atoms with Gasteiger partial charge in [0, 0.05) is 25.5 Å². The van der Waals surface area contributed by atoms with Crippen LogP contribution in [0.15, 0.2) is 35.5 Å². The highest BCUT2D eigenvalue weighted by Gasteiger charge is 2.28. The second-order valence-corrected chi connectivity index (χ2v) is 9.02. The monoisotopic (exact) mass is 430 g/mol. The van der Waals surface area contributed by atoms with E-state index in [9.17, 15) is 10.4 Å². The van der Waals surface area contributed by atoms with Gasteiger partial charge in [0.25, 0.3) is 0 Å². The predicted octanol–water partition coefficient (Wildman–Crippen LogP) is 3.47. The molecule has 1 N–H and O–H groups in total. The summed E-state index contributed by atoms with van der Waals surface area (Å²) in [5.41, 5.74) is 3.69. The Labute approximate surface area is 188 Å². The Kier molecular flexibility index (Phi) is 5.74. The number of fused-ring (bicyclic) bond motifs is 1. The molecule has 0 aliphatic carbocycles. The van der Waals surface area contributed by atoms with Crippen LogP contribution >= 0.6 is 0 Å². The minimum Gasteiger partial charge on any atom is -0.390 e. The number of anilines is 1. The van der Waals surface area contributed by atoms with E-state index in [1.165, 1.54) is 0 Å². The normalized spacial score (nSPS) is 17.4. The van der Waals surface area contributed by atoms with E-state index in [2.05, 4.69) is 17.0 Å². The number of nitriles is 1. The molecule has 1 aliphatic rings. The fourth-order valence-electron chi connectivity index (χ4n) is 4.32. The van der Waals surface area contributed by atoms with Crippen LogP contribution in [0.1, 0.15) is 55.2 Å². The molecule has 3 aromatic rings. The molecule has 0 saturated carbocycles. The summed E-state index contributed by atoms with van der Waals surface area (Å²) in [6, 6.07) is 9.93. The molecule has 2 aromatic heterocycles. The molecule has 3 heterocycles. The van der Waals surface area contributed by atoms with Crippen LogP contribution in [0.4, 0.5) is 5.82 Å². The predicted molar refractivity (Wildman–Crippen MR) is 125 cm³/mol. The van der Waals surface area contributed by atoms with Gasteiger partial charge >= 0.3 is 0 Å². The smallest absolute Gasteiger partial charge is 0.159 e. The lowest BCUT2D eigenvalue weighted by Crippen LogP contribution is -2.42. The number of nitrogens with zero attached hydrogens (tertiary/aromatic N) is 6. The van der Waals surface area contributed by atoms with Gasteiger partial charge in [-0.25, -0.2) is 9.97 Å². The van der Waals surface area contributed by atoms with Gasteiger partial charge in [0.15, 0.2) is 5.49 Å². The molecule has 1 atom stereocenters. The van der Waals surface area contributed by atoms with Gasteiger partial charge in [0.2, 0.25) is 0 Å². The summed E-state index contributed by atoms with van der Waals surface area (Å²) in [5.74, 6) is 1.74. The summed E-state index contributed by atoms with van der Waals surface area (Å²) in [4.78, 5) is 16.7. The third-order valence-electron chi connectivity index (χ3n) is 6.65. The zero-order valence-corrected chi connectivity index (χ0v) is 19.4. The van der Waals surface area contributed by atoms with Gasteiger partial charge in [-0.05, 0) is 63.8 Å². The molecule has 7 heteroatoms. The number of aromatic nitrogens is 3. The van der Waals surface area contributed by atoms with E-state index in [1.807, 2.05) is 63.7 Å². The summed E-state index contributed by atoms with van der Waals surface area (Å²) in [6.45, 7) is 9.39. The maximum Gasteiger partial charge on any atom is 0.159 e. The standard InChI is InChI=1S/C25H30N6O/c1-16-19(14-26)7-6-8-20(16)17(2)28-24-21-13-23(31-11-9-25(4,32)10-12-31)27-15-22(21)30(5)18(3)29-24/h6-8,13,15,17,32H,9-12H2,1-5H3/t17-/m1/s1. The highest BCUT2D eigenvalue weighted by Crippen LogP contribution is 2.27. The van der Waals surface area contributed by atoms with Gasteiger partial charge in [0.05, 0.1) is 35.0 Å². The lowest BCUT2D eigenvalue weighted by Gasteiger charge is -2.36. The minimum atomic E-state index is -0.607. The van der Waals surface area contributed by atoms with Gasteiger partial charge in [-0.15, -0.1) is 0 Å². The number of hydrogen-bond donors (Lipinski definition) is 1. The number of rotatable bonds is 3. The Morgan fingerprint density at radius 3 is 2.66 bits per heavy atom. The van der Waals surface area contributed by atoms with Gasteiger partial charge < -0.3 is 14.6 Å². The van der Waals surface area contributed by atoms with Crippen molar-refractivity contribution in [3.8, 4) is 6.07 Å². The van der Waals surface area contributed by atoms with Crippen LogP contribution in [0.5, 0.6) is 0 Å². The molecule has 1 saturated heterocycles. The number of aliphatic hydroxyl groups is 1. The average Bonchev–Trinajstić information content (AvgIpc) is 2.77. The first-order chi connectivity index (χ1) is 15.2. The first kappa shape index (κ1) is 22.0. The Balaban J connectivity index is 1.82. The number of benzene rings is 1.